The number of aromatic nitrogens is 1. The van der Waals surface area contributed by atoms with Crippen molar-refractivity contribution in [3.63, 3.8) is 0 Å². The van der Waals surface area contributed by atoms with Crippen LogP contribution >= 0.6 is 0 Å². The zero-order chi connectivity index (χ0) is 22.3. The number of pyridine rings is 1. The van der Waals surface area contributed by atoms with E-state index in [0.717, 1.165) is 30.5 Å². The fraction of sp³-hybridized carbons (Fsp3) is 0.593. The first-order valence-electron chi connectivity index (χ1n) is 12.1. The number of alkyl halides is 2. The molecule has 0 aliphatic rings. The Morgan fingerprint density at radius 3 is 2.13 bits per heavy atom. The van der Waals surface area contributed by atoms with Crippen LogP contribution in [-0.4, -0.2) is 23.9 Å². The molecule has 4 heteroatoms. The van der Waals surface area contributed by atoms with Gasteiger partial charge in [-0.2, -0.15) is 0 Å². The van der Waals surface area contributed by atoms with Gasteiger partial charge in [-0.25, -0.2) is 8.78 Å². The standard InChI is InChI=1S/C27H39F2NO/c1-3-5-7-8-9-11-12-22-14-16-23(17-15-22)27-19-18-24(20-30-27)31-21-26(29)25(28)13-10-6-4-2/h14-20,25-26H,3-13,21H2,1-2H3. The molecule has 2 aromatic rings. The van der Waals surface area contributed by atoms with E-state index in [1.54, 1.807) is 12.3 Å². The van der Waals surface area contributed by atoms with Crippen LogP contribution in [0.2, 0.25) is 0 Å². The van der Waals surface area contributed by atoms with Crippen LogP contribution in [0.3, 0.4) is 0 Å². The van der Waals surface area contributed by atoms with Crippen LogP contribution in [0.15, 0.2) is 42.6 Å². The van der Waals surface area contributed by atoms with Gasteiger partial charge in [0.1, 0.15) is 18.5 Å². The second kappa shape index (κ2) is 14.9. The first-order valence-corrected chi connectivity index (χ1v) is 12.1. The monoisotopic (exact) mass is 431 g/mol. The molecule has 172 valence electrons. The van der Waals surface area contributed by atoms with Gasteiger partial charge in [-0.3, -0.25) is 4.98 Å². The lowest BCUT2D eigenvalue weighted by atomic mass is 10.0. The molecule has 0 spiro atoms. The van der Waals surface area contributed by atoms with E-state index in [1.165, 1.54) is 44.1 Å². The summed E-state index contributed by atoms with van der Waals surface area (Å²) in [7, 11) is 0. The molecule has 0 radical (unpaired) electrons. The molecule has 1 aromatic heterocycles. The largest absolute Gasteiger partial charge is 0.489 e. The second-order valence-corrected chi connectivity index (χ2v) is 8.43. The van der Waals surface area contributed by atoms with Gasteiger partial charge < -0.3 is 4.74 Å². The zero-order valence-electron chi connectivity index (χ0n) is 19.3. The number of hydrogen-bond acceptors (Lipinski definition) is 2. The van der Waals surface area contributed by atoms with Gasteiger partial charge in [0, 0.05) is 5.56 Å². The van der Waals surface area contributed by atoms with Crippen LogP contribution in [0.4, 0.5) is 8.78 Å². The van der Waals surface area contributed by atoms with Gasteiger partial charge in [0.05, 0.1) is 11.9 Å². The fourth-order valence-corrected chi connectivity index (χ4v) is 3.64. The number of hydrogen-bond donors (Lipinski definition) is 0. The first kappa shape index (κ1) is 25.3. The number of rotatable bonds is 16. The number of nitrogens with zero attached hydrogens (tertiary/aromatic N) is 1. The Hall–Kier alpha value is -1.97. The molecule has 31 heavy (non-hydrogen) atoms. The van der Waals surface area contributed by atoms with E-state index in [0.29, 0.717) is 12.2 Å². The molecule has 0 bridgehead atoms. The van der Waals surface area contributed by atoms with E-state index in [1.807, 2.05) is 13.0 Å². The molecule has 0 saturated carbocycles. The molecule has 2 atom stereocenters. The van der Waals surface area contributed by atoms with Gasteiger partial charge >= 0.3 is 0 Å². The van der Waals surface area contributed by atoms with E-state index in [2.05, 4.69) is 36.2 Å². The maximum atomic E-state index is 13.9. The maximum Gasteiger partial charge on any atom is 0.165 e. The summed E-state index contributed by atoms with van der Waals surface area (Å²) in [5.41, 5.74) is 3.24. The van der Waals surface area contributed by atoms with Crippen LogP contribution in [0.5, 0.6) is 5.75 Å². The molecular weight excluding hydrogens is 392 g/mol. The van der Waals surface area contributed by atoms with Crippen LogP contribution in [0.1, 0.15) is 83.6 Å². The third-order valence-corrected chi connectivity index (χ3v) is 5.69. The van der Waals surface area contributed by atoms with Gasteiger partial charge in [0.15, 0.2) is 6.17 Å². The summed E-state index contributed by atoms with van der Waals surface area (Å²) in [6, 6.07) is 12.2. The number of unbranched alkanes of at least 4 members (excludes halogenated alkanes) is 7. The SMILES string of the molecule is CCCCCCCCc1ccc(-c2ccc(OCC(F)C(F)CCCCC)cn2)cc1. The lowest BCUT2D eigenvalue weighted by Gasteiger charge is -2.14. The second-order valence-electron chi connectivity index (χ2n) is 8.43. The highest BCUT2D eigenvalue weighted by Crippen LogP contribution is 2.22. The van der Waals surface area contributed by atoms with Crippen molar-refractivity contribution in [1.29, 1.82) is 0 Å². The van der Waals surface area contributed by atoms with Crippen molar-refractivity contribution >= 4 is 0 Å². The molecule has 0 amide bonds. The average Bonchev–Trinajstić information content (AvgIpc) is 2.80. The Balaban J connectivity index is 1.75. The molecule has 2 nitrogen and oxygen atoms in total. The lowest BCUT2D eigenvalue weighted by Crippen LogP contribution is -2.24. The fourth-order valence-electron chi connectivity index (χ4n) is 3.64. The van der Waals surface area contributed by atoms with E-state index in [9.17, 15) is 8.78 Å². The topological polar surface area (TPSA) is 22.1 Å². The Morgan fingerprint density at radius 2 is 1.45 bits per heavy atom. The highest BCUT2D eigenvalue weighted by molar-refractivity contribution is 5.59. The third-order valence-electron chi connectivity index (χ3n) is 5.69. The smallest absolute Gasteiger partial charge is 0.165 e. The molecule has 0 N–H and O–H groups in total. The summed E-state index contributed by atoms with van der Waals surface area (Å²) in [6.45, 7) is 4.01. The number of ether oxygens (including phenoxy) is 1. The van der Waals surface area contributed by atoms with E-state index in [-0.39, 0.29) is 13.0 Å². The first-order chi connectivity index (χ1) is 15.1. The summed E-state index contributed by atoms with van der Waals surface area (Å²) in [4.78, 5) is 4.42. The minimum atomic E-state index is -1.60. The third kappa shape index (κ3) is 9.80. The zero-order valence-corrected chi connectivity index (χ0v) is 19.3. The predicted molar refractivity (Wildman–Crippen MR) is 126 cm³/mol. The molecule has 2 rings (SSSR count). The maximum absolute atomic E-state index is 13.9. The molecule has 2 unspecified atom stereocenters. The van der Waals surface area contributed by atoms with Crippen molar-refractivity contribution in [1.82, 2.24) is 4.98 Å². The van der Waals surface area contributed by atoms with Crippen LogP contribution in [0, 0.1) is 0 Å². The van der Waals surface area contributed by atoms with Gasteiger partial charge in [-0.15, -0.1) is 0 Å². The molecule has 0 saturated heterocycles. The molecule has 1 heterocycles. The van der Waals surface area contributed by atoms with Crippen molar-refractivity contribution in [2.75, 3.05) is 6.61 Å². The summed E-state index contributed by atoms with van der Waals surface area (Å²) in [6.07, 6.45) is 10.4. The van der Waals surface area contributed by atoms with E-state index in [4.69, 9.17) is 4.74 Å². The van der Waals surface area contributed by atoms with Crippen molar-refractivity contribution in [2.24, 2.45) is 0 Å². The summed E-state index contributed by atoms with van der Waals surface area (Å²) in [5, 5.41) is 0. The van der Waals surface area contributed by atoms with E-state index < -0.39 is 12.3 Å². The Labute approximate surface area is 187 Å². The molecule has 1 aromatic carbocycles. The highest BCUT2D eigenvalue weighted by atomic mass is 19.2. The molecule has 0 aliphatic carbocycles. The Morgan fingerprint density at radius 1 is 0.774 bits per heavy atom. The van der Waals surface area contributed by atoms with Gasteiger partial charge in [0.2, 0.25) is 0 Å². The van der Waals surface area contributed by atoms with Crippen molar-refractivity contribution in [3.8, 4) is 17.0 Å². The highest BCUT2D eigenvalue weighted by Gasteiger charge is 2.20. The lowest BCUT2D eigenvalue weighted by molar-refractivity contribution is 0.101. The van der Waals surface area contributed by atoms with Gasteiger partial charge in [-0.05, 0) is 37.0 Å². The van der Waals surface area contributed by atoms with Crippen molar-refractivity contribution < 1.29 is 13.5 Å². The number of benzene rings is 1. The van der Waals surface area contributed by atoms with Crippen molar-refractivity contribution in [3.05, 3.63) is 48.2 Å². The van der Waals surface area contributed by atoms with Gasteiger partial charge in [-0.1, -0.05) is 89.5 Å². The summed E-state index contributed by atoms with van der Waals surface area (Å²) >= 11 is 0. The number of halogens is 2. The Kier molecular flexibility index (Phi) is 12.2. The predicted octanol–water partition coefficient (Wildman–Crippen LogP) is 8.29. The quantitative estimate of drug-likeness (QED) is 0.249. The minimum Gasteiger partial charge on any atom is -0.489 e. The molecule has 0 fully saturated rings. The molecular formula is C27H39F2NO. The normalized spacial score (nSPS) is 13.2. The Bertz CT molecular complexity index is 702. The van der Waals surface area contributed by atoms with Crippen LogP contribution in [-0.2, 0) is 6.42 Å². The number of aryl methyl sites for hydroxylation is 1. The minimum absolute atomic E-state index is 0.254. The van der Waals surface area contributed by atoms with Gasteiger partial charge in [0.25, 0.3) is 0 Å². The van der Waals surface area contributed by atoms with Crippen LogP contribution < -0.4 is 4.74 Å². The summed E-state index contributed by atoms with van der Waals surface area (Å²) < 4.78 is 33.2. The van der Waals surface area contributed by atoms with E-state index >= 15 is 0 Å². The average molecular weight is 432 g/mol. The van der Waals surface area contributed by atoms with Crippen LogP contribution in [0.25, 0.3) is 11.3 Å². The van der Waals surface area contributed by atoms with Crippen molar-refractivity contribution in [2.45, 2.75) is 96.8 Å². The summed E-state index contributed by atoms with van der Waals surface area (Å²) in [5.74, 6) is 0.465. The molecule has 0 aliphatic heterocycles.